The van der Waals surface area contributed by atoms with Crippen molar-refractivity contribution in [2.24, 2.45) is 0 Å². The maximum Gasteiger partial charge on any atom is 0.330 e. The van der Waals surface area contributed by atoms with Crippen LogP contribution in [0.2, 0.25) is 0 Å². The van der Waals surface area contributed by atoms with Crippen LogP contribution in [0.5, 0.6) is 0 Å². The molecule has 0 aromatic carbocycles. The van der Waals surface area contributed by atoms with Gasteiger partial charge in [-0.25, -0.2) is 9.18 Å². The normalized spacial score (nSPS) is 11.3. The number of rotatable bonds is 39. The van der Waals surface area contributed by atoms with Crippen LogP contribution in [-0.2, 0) is 66.4 Å². The van der Waals surface area contributed by atoms with E-state index in [1.807, 2.05) is 0 Å². The predicted octanol–water partition coefficient (Wildman–Crippen LogP) is 0.884. The fourth-order valence-electron chi connectivity index (χ4n) is 2.84. The first-order chi connectivity index (χ1) is 21.8. The Morgan fingerprint density at radius 1 is 0.364 bits per heavy atom. The summed E-state index contributed by atoms with van der Waals surface area (Å²) in [7, 11) is 0. The van der Waals surface area contributed by atoms with E-state index in [-0.39, 0.29) is 13.2 Å². The highest BCUT2D eigenvalue weighted by molar-refractivity contribution is 5.81. The van der Waals surface area contributed by atoms with Crippen molar-refractivity contribution in [1.29, 1.82) is 0 Å². The van der Waals surface area contributed by atoms with Gasteiger partial charge in [0.05, 0.1) is 159 Å². The summed E-state index contributed by atoms with van der Waals surface area (Å²) in [6.45, 7) is 13.8. The van der Waals surface area contributed by atoms with Crippen LogP contribution < -0.4 is 0 Å². The zero-order valence-corrected chi connectivity index (χ0v) is 26.3. The van der Waals surface area contributed by atoms with Gasteiger partial charge in [0.1, 0.15) is 13.3 Å². The van der Waals surface area contributed by atoms with Crippen molar-refractivity contribution in [1.82, 2.24) is 0 Å². The van der Waals surface area contributed by atoms with Crippen LogP contribution >= 0.6 is 0 Å². The predicted molar refractivity (Wildman–Crippen MR) is 157 cm³/mol. The van der Waals surface area contributed by atoms with Crippen LogP contribution in [0.1, 0.15) is 0 Å². The van der Waals surface area contributed by atoms with E-state index in [0.717, 1.165) is 6.08 Å². The average molecular weight is 647 g/mol. The molecule has 0 saturated carbocycles. The molecule has 0 bridgehead atoms. The summed E-state index contributed by atoms with van der Waals surface area (Å²) in [5, 5.41) is 0. The Kier molecular flexibility index (Phi) is 38.5. The summed E-state index contributed by atoms with van der Waals surface area (Å²) in [5.74, 6) is -0.463. The fourth-order valence-corrected chi connectivity index (χ4v) is 2.84. The number of carbonyl (C=O) groups is 1. The highest BCUT2D eigenvalue weighted by Crippen LogP contribution is 1.88. The molecule has 0 heterocycles. The molecule has 0 N–H and O–H groups in total. The quantitative estimate of drug-likeness (QED) is 0.0531. The minimum absolute atomic E-state index is 0.109. The summed E-state index contributed by atoms with van der Waals surface area (Å²) < 4.78 is 80.9. The smallest absolute Gasteiger partial charge is 0.330 e. The summed E-state index contributed by atoms with van der Waals surface area (Å²) in [6.07, 6.45) is 1.11. The van der Waals surface area contributed by atoms with Crippen molar-refractivity contribution in [3.63, 3.8) is 0 Å². The third kappa shape index (κ3) is 38.7. The number of alkyl halides is 1. The van der Waals surface area contributed by atoms with Crippen molar-refractivity contribution in [2.45, 2.75) is 0 Å². The molecule has 0 saturated heterocycles. The van der Waals surface area contributed by atoms with E-state index in [9.17, 15) is 9.18 Å². The highest BCUT2D eigenvalue weighted by atomic mass is 19.1. The maximum atomic E-state index is 11.8. The molecular formula is C29H55FO14. The van der Waals surface area contributed by atoms with Crippen LogP contribution in [0.4, 0.5) is 4.39 Å². The first-order valence-corrected chi connectivity index (χ1v) is 15.1. The van der Waals surface area contributed by atoms with E-state index >= 15 is 0 Å². The van der Waals surface area contributed by atoms with Gasteiger partial charge >= 0.3 is 5.97 Å². The second-order valence-corrected chi connectivity index (χ2v) is 8.41. The van der Waals surface area contributed by atoms with Crippen molar-refractivity contribution < 1.29 is 70.8 Å². The summed E-state index contributed by atoms with van der Waals surface area (Å²) >= 11 is 0. The minimum atomic E-state index is -0.479. The highest BCUT2D eigenvalue weighted by Gasteiger charge is 1.97. The van der Waals surface area contributed by atoms with E-state index in [4.69, 9.17) is 61.6 Å². The maximum absolute atomic E-state index is 11.8. The van der Waals surface area contributed by atoms with Gasteiger partial charge in [-0.3, -0.25) is 0 Å². The molecule has 0 aliphatic heterocycles. The lowest BCUT2D eigenvalue weighted by molar-refractivity contribution is -0.139. The van der Waals surface area contributed by atoms with Gasteiger partial charge in [-0.15, -0.1) is 0 Å². The molecule has 0 radical (unpaired) electrons. The third-order valence-corrected chi connectivity index (χ3v) is 4.95. The molecule has 0 aromatic rings. The molecule has 0 unspecified atom stereocenters. The molecule has 0 aliphatic rings. The number of esters is 1. The van der Waals surface area contributed by atoms with E-state index in [1.54, 1.807) is 0 Å². The van der Waals surface area contributed by atoms with Gasteiger partial charge in [0.2, 0.25) is 0 Å². The average Bonchev–Trinajstić information content (AvgIpc) is 3.04. The monoisotopic (exact) mass is 646 g/mol. The Morgan fingerprint density at radius 2 is 0.545 bits per heavy atom. The zero-order valence-electron chi connectivity index (χ0n) is 26.3. The van der Waals surface area contributed by atoms with E-state index in [1.165, 1.54) is 0 Å². The molecular weight excluding hydrogens is 591 g/mol. The van der Waals surface area contributed by atoms with Crippen LogP contribution in [0.25, 0.3) is 0 Å². The van der Waals surface area contributed by atoms with Gasteiger partial charge in [-0.2, -0.15) is 0 Å². The number of hydrogen-bond donors (Lipinski definition) is 0. The third-order valence-electron chi connectivity index (χ3n) is 4.95. The van der Waals surface area contributed by atoms with Crippen molar-refractivity contribution in [3.05, 3.63) is 12.7 Å². The Bertz CT molecular complexity index is 576. The van der Waals surface area contributed by atoms with Gasteiger partial charge in [-0.1, -0.05) is 6.58 Å². The van der Waals surface area contributed by atoms with E-state index in [2.05, 4.69) is 6.58 Å². The fraction of sp³-hybridized carbons (Fsp3) is 0.897. The first kappa shape index (κ1) is 42.7. The van der Waals surface area contributed by atoms with Gasteiger partial charge < -0.3 is 61.6 Å². The topological polar surface area (TPSA) is 137 Å². The SMILES string of the molecule is C=CC(=O)OCCOCCOCCOCCOCCOCCOCCOCCOCCOCCOCCOCCOCCF. The van der Waals surface area contributed by atoms with Crippen LogP contribution in [0.3, 0.4) is 0 Å². The van der Waals surface area contributed by atoms with Gasteiger partial charge in [0, 0.05) is 6.08 Å². The Morgan fingerprint density at radius 3 is 0.727 bits per heavy atom. The second-order valence-electron chi connectivity index (χ2n) is 8.41. The summed E-state index contributed by atoms with van der Waals surface area (Å²) in [4.78, 5) is 10.8. The van der Waals surface area contributed by atoms with Crippen LogP contribution in [0, 0.1) is 0 Å². The van der Waals surface area contributed by atoms with Gasteiger partial charge in [0.25, 0.3) is 0 Å². The van der Waals surface area contributed by atoms with Gasteiger partial charge in [0.15, 0.2) is 0 Å². The van der Waals surface area contributed by atoms with Crippen LogP contribution in [-0.4, -0.2) is 178 Å². The largest absolute Gasteiger partial charge is 0.460 e. The summed E-state index contributed by atoms with van der Waals surface area (Å²) in [6, 6.07) is 0. The number of halogens is 1. The minimum Gasteiger partial charge on any atom is -0.460 e. The molecule has 0 fully saturated rings. The molecule has 0 aromatic heterocycles. The molecule has 0 amide bonds. The van der Waals surface area contributed by atoms with Crippen molar-refractivity contribution >= 4 is 5.97 Å². The number of ether oxygens (including phenoxy) is 13. The summed E-state index contributed by atoms with van der Waals surface area (Å²) in [5.41, 5.74) is 0. The number of hydrogen-bond acceptors (Lipinski definition) is 14. The molecule has 0 rings (SSSR count). The van der Waals surface area contributed by atoms with Crippen molar-refractivity contribution in [2.75, 3.05) is 172 Å². The molecule has 14 nitrogen and oxygen atoms in total. The Balaban J connectivity index is 3.05. The molecule has 44 heavy (non-hydrogen) atoms. The van der Waals surface area contributed by atoms with E-state index in [0.29, 0.717) is 152 Å². The molecule has 0 spiro atoms. The zero-order chi connectivity index (χ0) is 31.9. The second kappa shape index (κ2) is 39.7. The molecule has 0 atom stereocenters. The number of carbonyl (C=O) groups excluding carboxylic acids is 1. The van der Waals surface area contributed by atoms with Crippen LogP contribution in [0.15, 0.2) is 12.7 Å². The Hall–Kier alpha value is -1.34. The molecule has 15 heteroatoms. The van der Waals surface area contributed by atoms with Gasteiger partial charge in [-0.05, 0) is 0 Å². The van der Waals surface area contributed by atoms with E-state index < -0.39 is 12.6 Å². The van der Waals surface area contributed by atoms with Crippen molar-refractivity contribution in [3.8, 4) is 0 Å². The standard InChI is InChI=1S/C29H55FO14/c1-2-29(31)44-28-27-43-26-25-42-24-23-41-22-21-40-20-19-39-18-17-38-16-15-37-14-13-36-12-11-35-10-9-34-8-7-33-6-5-32-4-3-30/h2H,1,3-28H2. The lowest BCUT2D eigenvalue weighted by Crippen LogP contribution is -2.15. The first-order valence-electron chi connectivity index (χ1n) is 15.1. The Labute approximate surface area is 261 Å². The lowest BCUT2D eigenvalue weighted by Gasteiger charge is -2.09. The lowest BCUT2D eigenvalue weighted by atomic mass is 10.6. The molecule has 0 aliphatic carbocycles. The molecule has 262 valence electrons.